The van der Waals surface area contributed by atoms with Crippen LogP contribution in [0, 0.1) is 0 Å². The Labute approximate surface area is 140 Å². The van der Waals surface area contributed by atoms with Gasteiger partial charge in [0.05, 0.1) is 6.54 Å². The zero-order valence-corrected chi connectivity index (χ0v) is 13.7. The minimum atomic E-state index is -0.160. The summed E-state index contributed by atoms with van der Waals surface area (Å²) in [5.74, 6) is -0.207. The van der Waals surface area contributed by atoms with Crippen molar-refractivity contribution in [2.24, 2.45) is 0 Å². The van der Waals surface area contributed by atoms with Crippen molar-refractivity contribution in [2.45, 2.75) is 6.92 Å². The Morgan fingerprint density at radius 1 is 1.00 bits per heavy atom. The SMILES string of the molecule is CC(=O)N(C)c1ccc(NC(=O)CNc2ccc(Cl)cc2)cc1. The highest BCUT2D eigenvalue weighted by Crippen LogP contribution is 2.17. The number of nitrogens with zero attached hydrogens (tertiary/aromatic N) is 1. The van der Waals surface area contributed by atoms with Gasteiger partial charge in [0.2, 0.25) is 11.8 Å². The van der Waals surface area contributed by atoms with Gasteiger partial charge in [-0.05, 0) is 48.5 Å². The molecule has 0 aliphatic carbocycles. The van der Waals surface area contributed by atoms with Crippen LogP contribution in [-0.2, 0) is 9.59 Å². The van der Waals surface area contributed by atoms with Gasteiger partial charge < -0.3 is 15.5 Å². The lowest BCUT2D eigenvalue weighted by Gasteiger charge is -2.15. The van der Waals surface area contributed by atoms with E-state index < -0.39 is 0 Å². The van der Waals surface area contributed by atoms with Crippen molar-refractivity contribution in [3.8, 4) is 0 Å². The van der Waals surface area contributed by atoms with Crippen molar-refractivity contribution in [3.05, 3.63) is 53.6 Å². The third-order valence-electron chi connectivity index (χ3n) is 3.31. The summed E-state index contributed by atoms with van der Waals surface area (Å²) in [6.45, 7) is 1.65. The summed E-state index contributed by atoms with van der Waals surface area (Å²) in [4.78, 5) is 24.7. The number of rotatable bonds is 5. The molecule has 0 aromatic heterocycles. The molecule has 0 saturated carbocycles. The normalized spacial score (nSPS) is 10.0. The lowest BCUT2D eigenvalue weighted by molar-refractivity contribution is -0.116. The average Bonchev–Trinajstić information content (AvgIpc) is 2.54. The van der Waals surface area contributed by atoms with E-state index in [9.17, 15) is 9.59 Å². The first kappa shape index (κ1) is 16.8. The van der Waals surface area contributed by atoms with E-state index in [1.165, 1.54) is 11.8 Å². The molecule has 2 aromatic carbocycles. The molecule has 0 aliphatic rings. The average molecular weight is 332 g/mol. The molecule has 0 unspecified atom stereocenters. The molecule has 2 rings (SSSR count). The molecule has 6 heteroatoms. The molecule has 2 amide bonds. The van der Waals surface area contributed by atoms with Crippen molar-refractivity contribution in [3.63, 3.8) is 0 Å². The van der Waals surface area contributed by atoms with Crippen LogP contribution >= 0.6 is 11.6 Å². The standard InChI is InChI=1S/C17H18ClN3O2/c1-12(22)21(2)16-9-7-15(8-10-16)20-17(23)11-19-14-5-3-13(18)4-6-14/h3-10,19H,11H2,1-2H3,(H,20,23). The minimum absolute atomic E-state index is 0.0473. The zero-order valence-electron chi connectivity index (χ0n) is 13.0. The van der Waals surface area contributed by atoms with Crippen molar-refractivity contribution in [2.75, 3.05) is 29.1 Å². The van der Waals surface area contributed by atoms with Gasteiger partial charge >= 0.3 is 0 Å². The summed E-state index contributed by atoms with van der Waals surface area (Å²) in [6, 6.07) is 14.2. The second-order valence-corrected chi connectivity index (χ2v) is 5.47. The van der Waals surface area contributed by atoms with E-state index in [1.54, 1.807) is 43.4 Å². The Kier molecular flexibility index (Phi) is 5.60. The predicted octanol–water partition coefficient (Wildman–Crippen LogP) is 3.37. The van der Waals surface area contributed by atoms with Crippen LogP contribution in [0.15, 0.2) is 48.5 Å². The number of hydrogen-bond acceptors (Lipinski definition) is 3. The highest BCUT2D eigenvalue weighted by Gasteiger charge is 2.06. The number of nitrogens with one attached hydrogen (secondary N) is 2. The first-order chi connectivity index (χ1) is 11.0. The van der Waals surface area contributed by atoms with E-state index in [4.69, 9.17) is 11.6 Å². The first-order valence-electron chi connectivity index (χ1n) is 7.09. The van der Waals surface area contributed by atoms with Crippen LogP contribution < -0.4 is 15.5 Å². The van der Waals surface area contributed by atoms with Gasteiger partial charge in [0, 0.05) is 36.1 Å². The Bertz CT molecular complexity index is 684. The van der Waals surface area contributed by atoms with Gasteiger partial charge in [0.25, 0.3) is 0 Å². The van der Waals surface area contributed by atoms with Crippen molar-refractivity contribution in [1.29, 1.82) is 0 Å². The van der Waals surface area contributed by atoms with Gasteiger partial charge in [-0.3, -0.25) is 9.59 Å². The molecule has 2 aromatic rings. The number of benzene rings is 2. The summed E-state index contributed by atoms with van der Waals surface area (Å²) in [5.41, 5.74) is 2.27. The molecule has 5 nitrogen and oxygen atoms in total. The molecule has 0 saturated heterocycles. The molecule has 0 atom stereocenters. The lowest BCUT2D eigenvalue weighted by Crippen LogP contribution is -2.23. The largest absolute Gasteiger partial charge is 0.376 e. The first-order valence-corrected chi connectivity index (χ1v) is 7.47. The van der Waals surface area contributed by atoms with E-state index in [0.717, 1.165) is 11.4 Å². The maximum Gasteiger partial charge on any atom is 0.243 e. The number of anilines is 3. The number of halogens is 1. The summed E-state index contributed by atoms with van der Waals surface area (Å²) >= 11 is 5.80. The van der Waals surface area contributed by atoms with Crippen molar-refractivity contribution >= 4 is 40.5 Å². The van der Waals surface area contributed by atoms with Crippen molar-refractivity contribution in [1.82, 2.24) is 0 Å². The van der Waals surface area contributed by atoms with Gasteiger partial charge in [0.15, 0.2) is 0 Å². The molecule has 0 fully saturated rings. The van der Waals surface area contributed by atoms with Crippen LogP contribution in [0.1, 0.15) is 6.92 Å². The molecule has 23 heavy (non-hydrogen) atoms. The zero-order chi connectivity index (χ0) is 16.8. The fraction of sp³-hybridized carbons (Fsp3) is 0.176. The second-order valence-electron chi connectivity index (χ2n) is 5.03. The van der Waals surface area contributed by atoms with Gasteiger partial charge in [-0.2, -0.15) is 0 Å². The lowest BCUT2D eigenvalue weighted by atomic mass is 10.2. The number of carbonyl (C=O) groups excluding carboxylic acids is 2. The predicted molar refractivity (Wildman–Crippen MR) is 94.1 cm³/mol. The van der Waals surface area contributed by atoms with Crippen LogP contribution in [-0.4, -0.2) is 25.4 Å². The third kappa shape index (κ3) is 5.00. The van der Waals surface area contributed by atoms with Crippen LogP contribution in [0.3, 0.4) is 0 Å². The van der Waals surface area contributed by atoms with Crippen LogP contribution in [0.25, 0.3) is 0 Å². The van der Waals surface area contributed by atoms with Crippen LogP contribution in [0.2, 0.25) is 5.02 Å². The Balaban J connectivity index is 1.87. The fourth-order valence-corrected chi connectivity index (χ4v) is 2.03. The van der Waals surface area contributed by atoms with Crippen LogP contribution in [0.4, 0.5) is 17.1 Å². The molecular weight excluding hydrogens is 314 g/mol. The minimum Gasteiger partial charge on any atom is -0.376 e. The third-order valence-corrected chi connectivity index (χ3v) is 3.56. The molecular formula is C17H18ClN3O2. The molecule has 120 valence electrons. The molecule has 0 heterocycles. The summed E-state index contributed by atoms with van der Waals surface area (Å²) in [5, 5.41) is 6.45. The maximum atomic E-state index is 11.9. The van der Waals surface area contributed by atoms with E-state index in [0.29, 0.717) is 10.7 Å². The highest BCUT2D eigenvalue weighted by atomic mass is 35.5. The van der Waals surface area contributed by atoms with Gasteiger partial charge in [0.1, 0.15) is 0 Å². The molecule has 2 N–H and O–H groups in total. The number of amides is 2. The summed E-state index contributed by atoms with van der Waals surface area (Å²) in [7, 11) is 1.70. The summed E-state index contributed by atoms with van der Waals surface area (Å²) < 4.78 is 0. The molecule has 0 bridgehead atoms. The Morgan fingerprint density at radius 2 is 1.57 bits per heavy atom. The van der Waals surface area contributed by atoms with E-state index in [2.05, 4.69) is 10.6 Å². The fourth-order valence-electron chi connectivity index (χ4n) is 1.91. The van der Waals surface area contributed by atoms with E-state index in [-0.39, 0.29) is 18.4 Å². The molecule has 0 aliphatic heterocycles. The van der Waals surface area contributed by atoms with E-state index in [1.807, 2.05) is 12.1 Å². The topological polar surface area (TPSA) is 61.4 Å². The van der Waals surface area contributed by atoms with Gasteiger partial charge in [-0.1, -0.05) is 11.6 Å². The highest BCUT2D eigenvalue weighted by molar-refractivity contribution is 6.30. The van der Waals surface area contributed by atoms with Crippen molar-refractivity contribution < 1.29 is 9.59 Å². The number of carbonyl (C=O) groups is 2. The quantitative estimate of drug-likeness (QED) is 0.883. The molecule has 0 radical (unpaired) electrons. The maximum absolute atomic E-state index is 11.9. The summed E-state index contributed by atoms with van der Waals surface area (Å²) in [6.07, 6.45) is 0. The Morgan fingerprint density at radius 3 is 2.13 bits per heavy atom. The van der Waals surface area contributed by atoms with E-state index >= 15 is 0 Å². The smallest absolute Gasteiger partial charge is 0.243 e. The van der Waals surface area contributed by atoms with Crippen LogP contribution in [0.5, 0.6) is 0 Å². The Hall–Kier alpha value is -2.53. The number of hydrogen-bond donors (Lipinski definition) is 2. The second kappa shape index (κ2) is 7.65. The monoisotopic (exact) mass is 331 g/mol. The van der Waals surface area contributed by atoms with Gasteiger partial charge in [-0.25, -0.2) is 0 Å². The van der Waals surface area contributed by atoms with Gasteiger partial charge in [-0.15, -0.1) is 0 Å². The molecule has 0 spiro atoms.